The summed E-state index contributed by atoms with van der Waals surface area (Å²) in [5.41, 5.74) is -0.238. The van der Waals surface area contributed by atoms with Gasteiger partial charge in [0.15, 0.2) is 5.82 Å². The summed E-state index contributed by atoms with van der Waals surface area (Å²) in [6.45, 7) is 5.99. The van der Waals surface area contributed by atoms with E-state index in [1.165, 1.54) is 0 Å². The van der Waals surface area contributed by atoms with Crippen LogP contribution in [0.1, 0.15) is 43.9 Å². The van der Waals surface area contributed by atoms with Crippen LogP contribution in [0.3, 0.4) is 0 Å². The second kappa shape index (κ2) is 5.70. The number of tetrazole rings is 1. The Morgan fingerprint density at radius 3 is 2.80 bits per heavy atom. The molecule has 0 spiro atoms. The van der Waals surface area contributed by atoms with Gasteiger partial charge in [0, 0.05) is 11.3 Å². The van der Waals surface area contributed by atoms with Crippen LogP contribution in [0.4, 0.5) is 0 Å². The average Bonchev–Trinajstić information content (AvgIpc) is 2.96. The van der Waals surface area contributed by atoms with Gasteiger partial charge in [0.05, 0.1) is 12.5 Å². The summed E-state index contributed by atoms with van der Waals surface area (Å²) in [7, 11) is 0. The molecule has 0 saturated carbocycles. The molecule has 1 unspecified atom stereocenters. The fraction of sp³-hybridized carbons (Fsp3) is 0.538. The second-order valence-electron chi connectivity index (χ2n) is 5.78. The van der Waals surface area contributed by atoms with Crippen LogP contribution >= 0.6 is 11.3 Å². The van der Waals surface area contributed by atoms with E-state index in [1.54, 1.807) is 16.0 Å². The van der Waals surface area contributed by atoms with Crippen LogP contribution in [0, 0.1) is 5.41 Å². The third kappa shape index (κ3) is 3.41. The molecule has 20 heavy (non-hydrogen) atoms. The summed E-state index contributed by atoms with van der Waals surface area (Å²) in [5, 5.41) is 22.9. The number of carbonyl (C=O) groups is 1. The van der Waals surface area contributed by atoms with Crippen molar-refractivity contribution in [2.75, 3.05) is 0 Å². The minimum absolute atomic E-state index is 0.00593. The van der Waals surface area contributed by atoms with Crippen molar-refractivity contribution >= 4 is 17.3 Å². The van der Waals surface area contributed by atoms with Gasteiger partial charge in [0.25, 0.3) is 0 Å². The van der Waals surface area contributed by atoms with Gasteiger partial charge in [0.2, 0.25) is 0 Å². The van der Waals surface area contributed by atoms with Crippen LogP contribution < -0.4 is 0 Å². The lowest BCUT2D eigenvalue weighted by atomic mass is 9.84. The Labute approximate surface area is 121 Å². The molecule has 1 N–H and O–H groups in total. The van der Waals surface area contributed by atoms with Gasteiger partial charge in [-0.15, -0.1) is 16.4 Å². The first-order valence-electron chi connectivity index (χ1n) is 6.39. The van der Waals surface area contributed by atoms with Crippen molar-refractivity contribution in [3.8, 4) is 0 Å². The summed E-state index contributed by atoms with van der Waals surface area (Å²) in [6.07, 6.45) is 0.628. The van der Waals surface area contributed by atoms with Crippen LogP contribution in [-0.2, 0) is 11.2 Å². The number of aliphatic carboxylic acids is 1. The van der Waals surface area contributed by atoms with Crippen molar-refractivity contribution in [1.29, 1.82) is 0 Å². The van der Waals surface area contributed by atoms with Crippen molar-refractivity contribution in [3.63, 3.8) is 0 Å². The van der Waals surface area contributed by atoms with Crippen molar-refractivity contribution in [1.82, 2.24) is 20.2 Å². The van der Waals surface area contributed by atoms with Gasteiger partial charge in [-0.2, -0.15) is 0 Å². The van der Waals surface area contributed by atoms with E-state index in [-0.39, 0.29) is 17.9 Å². The third-order valence-electron chi connectivity index (χ3n) is 3.14. The highest BCUT2D eigenvalue weighted by Gasteiger charge is 2.31. The van der Waals surface area contributed by atoms with E-state index in [9.17, 15) is 4.79 Å². The van der Waals surface area contributed by atoms with E-state index in [0.717, 1.165) is 4.88 Å². The Hall–Kier alpha value is -1.76. The second-order valence-corrected chi connectivity index (χ2v) is 6.81. The van der Waals surface area contributed by atoms with Gasteiger partial charge < -0.3 is 5.11 Å². The molecule has 2 aromatic heterocycles. The molecule has 2 heterocycles. The molecule has 0 fully saturated rings. The Kier molecular flexibility index (Phi) is 4.17. The molecule has 0 saturated heterocycles. The molecular formula is C13H18N4O2S. The molecule has 0 aliphatic rings. The molecule has 0 aromatic carbocycles. The molecule has 2 aromatic rings. The smallest absolute Gasteiger partial charge is 0.305 e. The normalized spacial score (nSPS) is 13.3. The Morgan fingerprint density at radius 2 is 2.25 bits per heavy atom. The lowest BCUT2D eigenvalue weighted by Gasteiger charge is -2.29. The lowest BCUT2D eigenvalue weighted by Crippen LogP contribution is -2.29. The van der Waals surface area contributed by atoms with E-state index in [1.807, 2.05) is 38.3 Å². The number of hydrogen-bond acceptors (Lipinski definition) is 5. The SMILES string of the molecule is CC(C)(C)C(CC(=O)O)n1nnnc1Cc1cccs1. The maximum atomic E-state index is 11.1. The molecule has 0 aliphatic heterocycles. The average molecular weight is 294 g/mol. The first-order valence-corrected chi connectivity index (χ1v) is 7.27. The van der Waals surface area contributed by atoms with E-state index in [4.69, 9.17) is 5.11 Å². The van der Waals surface area contributed by atoms with Crippen LogP contribution in [0.15, 0.2) is 17.5 Å². The topological polar surface area (TPSA) is 80.9 Å². The van der Waals surface area contributed by atoms with Gasteiger partial charge in [-0.1, -0.05) is 26.8 Å². The molecule has 0 amide bonds. The van der Waals surface area contributed by atoms with E-state index in [0.29, 0.717) is 12.2 Å². The summed E-state index contributed by atoms with van der Waals surface area (Å²) in [6, 6.07) is 3.73. The fourth-order valence-corrected chi connectivity index (χ4v) is 2.77. The Balaban J connectivity index is 2.30. The molecule has 2 rings (SSSR count). The summed E-state index contributed by atoms with van der Waals surface area (Å²) in [4.78, 5) is 12.3. The van der Waals surface area contributed by atoms with Crippen molar-refractivity contribution in [2.24, 2.45) is 5.41 Å². The summed E-state index contributed by atoms with van der Waals surface area (Å²) < 4.78 is 1.66. The van der Waals surface area contributed by atoms with Crippen LogP contribution in [0.25, 0.3) is 0 Å². The molecule has 7 heteroatoms. The van der Waals surface area contributed by atoms with Crippen LogP contribution in [0.2, 0.25) is 0 Å². The predicted molar refractivity (Wildman–Crippen MR) is 75.7 cm³/mol. The number of nitrogens with zero attached hydrogens (tertiary/aromatic N) is 4. The maximum absolute atomic E-state index is 11.1. The predicted octanol–water partition coefficient (Wildman–Crippen LogP) is 2.39. The highest BCUT2D eigenvalue weighted by Crippen LogP contribution is 2.33. The molecule has 108 valence electrons. The van der Waals surface area contributed by atoms with Crippen LogP contribution in [-0.4, -0.2) is 31.3 Å². The molecular weight excluding hydrogens is 276 g/mol. The van der Waals surface area contributed by atoms with E-state index in [2.05, 4.69) is 15.5 Å². The van der Waals surface area contributed by atoms with Gasteiger partial charge >= 0.3 is 5.97 Å². The molecule has 0 bridgehead atoms. The highest BCUT2D eigenvalue weighted by molar-refractivity contribution is 7.09. The zero-order valence-corrected chi connectivity index (χ0v) is 12.6. The van der Waals surface area contributed by atoms with Gasteiger partial charge in [-0.3, -0.25) is 4.79 Å². The summed E-state index contributed by atoms with van der Waals surface area (Å²) >= 11 is 1.64. The Bertz CT molecular complexity index is 571. The fourth-order valence-electron chi connectivity index (χ4n) is 2.06. The quantitative estimate of drug-likeness (QED) is 0.915. The van der Waals surface area contributed by atoms with Crippen molar-refractivity contribution in [2.45, 2.75) is 39.7 Å². The number of carboxylic acid groups (broad SMARTS) is 1. The maximum Gasteiger partial charge on any atom is 0.305 e. The Morgan fingerprint density at radius 1 is 1.50 bits per heavy atom. The minimum atomic E-state index is -0.845. The first-order chi connectivity index (χ1) is 9.38. The zero-order valence-electron chi connectivity index (χ0n) is 11.8. The lowest BCUT2D eigenvalue weighted by molar-refractivity contribution is -0.138. The largest absolute Gasteiger partial charge is 0.481 e. The number of carboxylic acids is 1. The number of rotatable bonds is 5. The molecule has 1 atom stereocenters. The molecule has 0 radical (unpaired) electrons. The molecule has 6 nitrogen and oxygen atoms in total. The van der Waals surface area contributed by atoms with Gasteiger partial charge in [0.1, 0.15) is 0 Å². The van der Waals surface area contributed by atoms with Crippen molar-refractivity contribution < 1.29 is 9.90 Å². The van der Waals surface area contributed by atoms with Gasteiger partial charge in [-0.25, -0.2) is 4.68 Å². The monoisotopic (exact) mass is 294 g/mol. The number of hydrogen-bond donors (Lipinski definition) is 1. The van der Waals surface area contributed by atoms with Gasteiger partial charge in [-0.05, 0) is 27.3 Å². The van der Waals surface area contributed by atoms with E-state index < -0.39 is 5.97 Å². The van der Waals surface area contributed by atoms with Crippen LogP contribution in [0.5, 0.6) is 0 Å². The minimum Gasteiger partial charge on any atom is -0.481 e. The molecule has 0 aliphatic carbocycles. The zero-order chi connectivity index (χ0) is 14.8. The number of thiophene rings is 1. The number of aromatic nitrogens is 4. The standard InChI is InChI=1S/C13H18N4O2S/c1-13(2,3)10(8-12(18)19)17-11(14-15-16-17)7-9-5-4-6-20-9/h4-6,10H,7-8H2,1-3H3,(H,18,19). The van der Waals surface area contributed by atoms with E-state index >= 15 is 0 Å². The third-order valence-corrected chi connectivity index (χ3v) is 4.01. The summed E-state index contributed by atoms with van der Waals surface area (Å²) in [5.74, 6) is -0.142. The van der Waals surface area contributed by atoms with Crippen molar-refractivity contribution in [3.05, 3.63) is 28.2 Å². The first kappa shape index (κ1) is 14.6. The highest BCUT2D eigenvalue weighted by atomic mass is 32.1.